The molecule has 3 nitrogen and oxygen atoms in total. The maximum atomic E-state index is 5.47. The van der Waals surface area contributed by atoms with Crippen LogP contribution in [0.4, 0.5) is 0 Å². The number of ether oxygens (including phenoxy) is 1. The Morgan fingerprint density at radius 2 is 2.21 bits per heavy atom. The van der Waals surface area contributed by atoms with Gasteiger partial charge in [-0.25, -0.2) is 0 Å². The third-order valence-corrected chi connectivity index (χ3v) is 3.85. The van der Waals surface area contributed by atoms with E-state index in [-0.39, 0.29) is 6.04 Å². The summed E-state index contributed by atoms with van der Waals surface area (Å²) in [5.74, 6) is 0.945. The molecule has 1 aromatic carbocycles. The number of aromatic nitrogens is 1. The highest BCUT2D eigenvalue weighted by atomic mass is 32.1. The topological polar surface area (TPSA) is 34.2 Å². The summed E-state index contributed by atoms with van der Waals surface area (Å²) in [5.41, 5.74) is 3.10. The normalized spacial score (nSPS) is 12.3. The molecule has 1 heterocycles. The lowest BCUT2D eigenvalue weighted by Crippen LogP contribution is -2.24. The molecule has 0 aliphatic rings. The maximum Gasteiger partial charge on any atom is 0.123 e. The van der Waals surface area contributed by atoms with Crippen molar-refractivity contribution in [2.75, 3.05) is 13.7 Å². The number of benzene rings is 1. The van der Waals surface area contributed by atoms with Crippen molar-refractivity contribution in [2.45, 2.75) is 25.8 Å². The van der Waals surface area contributed by atoms with Crippen LogP contribution in [0.2, 0.25) is 0 Å². The highest BCUT2D eigenvalue weighted by molar-refractivity contribution is 7.09. The molecular formula is C15H20N2OS. The average Bonchev–Trinajstić information content (AvgIpc) is 2.96. The van der Waals surface area contributed by atoms with Crippen molar-refractivity contribution in [1.29, 1.82) is 0 Å². The van der Waals surface area contributed by atoms with E-state index in [0.717, 1.165) is 25.1 Å². The molecule has 19 heavy (non-hydrogen) atoms. The van der Waals surface area contributed by atoms with E-state index in [0.29, 0.717) is 0 Å². The second-order valence-electron chi connectivity index (χ2n) is 4.42. The fourth-order valence-electron chi connectivity index (χ4n) is 2.11. The van der Waals surface area contributed by atoms with E-state index >= 15 is 0 Å². The van der Waals surface area contributed by atoms with Gasteiger partial charge in [0.05, 0.1) is 12.6 Å². The van der Waals surface area contributed by atoms with E-state index in [1.165, 1.54) is 10.4 Å². The molecule has 0 aliphatic heterocycles. The predicted molar refractivity (Wildman–Crippen MR) is 79.8 cm³/mol. The number of nitrogens with one attached hydrogen (secondary N) is 1. The SMILES string of the molecule is CCCNC(Cc1cncs1)c1ccccc1OC. The lowest BCUT2D eigenvalue weighted by atomic mass is 10.0. The zero-order chi connectivity index (χ0) is 13.5. The summed E-state index contributed by atoms with van der Waals surface area (Å²) in [4.78, 5) is 5.44. The number of para-hydroxylation sites is 1. The molecule has 1 N–H and O–H groups in total. The first-order valence-corrected chi connectivity index (χ1v) is 7.46. The molecule has 1 aromatic heterocycles. The zero-order valence-corrected chi connectivity index (χ0v) is 12.2. The minimum atomic E-state index is 0.275. The number of hydrogen-bond donors (Lipinski definition) is 1. The summed E-state index contributed by atoms with van der Waals surface area (Å²) in [7, 11) is 1.72. The van der Waals surface area contributed by atoms with Crippen LogP contribution in [0.1, 0.15) is 29.8 Å². The summed E-state index contributed by atoms with van der Waals surface area (Å²) in [6, 6.07) is 8.49. The van der Waals surface area contributed by atoms with Gasteiger partial charge in [-0.2, -0.15) is 0 Å². The van der Waals surface area contributed by atoms with Crippen LogP contribution >= 0.6 is 11.3 Å². The van der Waals surface area contributed by atoms with E-state index in [4.69, 9.17) is 4.74 Å². The molecule has 1 unspecified atom stereocenters. The highest BCUT2D eigenvalue weighted by Gasteiger charge is 2.16. The van der Waals surface area contributed by atoms with Crippen molar-refractivity contribution in [3.8, 4) is 5.75 Å². The van der Waals surface area contributed by atoms with Gasteiger partial charge in [-0.3, -0.25) is 4.98 Å². The standard InChI is InChI=1S/C15H20N2OS/c1-3-8-17-14(9-12-10-16-11-19-12)13-6-4-5-7-15(13)18-2/h4-7,10-11,14,17H,3,8-9H2,1-2H3. The Balaban J connectivity index is 2.20. The third-order valence-electron chi connectivity index (χ3n) is 3.04. The van der Waals surface area contributed by atoms with E-state index in [1.807, 2.05) is 23.8 Å². The van der Waals surface area contributed by atoms with E-state index < -0.39 is 0 Å². The summed E-state index contributed by atoms with van der Waals surface area (Å²) in [6.45, 7) is 3.18. The van der Waals surface area contributed by atoms with Gasteiger partial charge in [-0.15, -0.1) is 11.3 Å². The van der Waals surface area contributed by atoms with Gasteiger partial charge in [-0.1, -0.05) is 25.1 Å². The fourth-order valence-corrected chi connectivity index (χ4v) is 2.75. The fraction of sp³-hybridized carbons (Fsp3) is 0.400. The Labute approximate surface area is 118 Å². The monoisotopic (exact) mass is 276 g/mol. The van der Waals surface area contributed by atoms with Crippen molar-refractivity contribution >= 4 is 11.3 Å². The second-order valence-corrected chi connectivity index (χ2v) is 5.39. The molecular weight excluding hydrogens is 256 g/mol. The highest BCUT2D eigenvalue weighted by Crippen LogP contribution is 2.28. The maximum absolute atomic E-state index is 5.47. The van der Waals surface area contributed by atoms with E-state index in [1.54, 1.807) is 18.4 Å². The Morgan fingerprint density at radius 1 is 1.37 bits per heavy atom. The first-order chi connectivity index (χ1) is 9.35. The van der Waals surface area contributed by atoms with Crippen LogP contribution in [-0.2, 0) is 6.42 Å². The Hall–Kier alpha value is -1.39. The van der Waals surface area contributed by atoms with Gasteiger partial charge in [-0.05, 0) is 19.0 Å². The lowest BCUT2D eigenvalue weighted by molar-refractivity contribution is 0.398. The van der Waals surface area contributed by atoms with Gasteiger partial charge in [0.15, 0.2) is 0 Å². The molecule has 0 radical (unpaired) electrons. The first kappa shape index (κ1) is 14.0. The van der Waals surface area contributed by atoms with Gasteiger partial charge in [0, 0.05) is 29.1 Å². The molecule has 0 saturated carbocycles. The summed E-state index contributed by atoms with van der Waals surface area (Å²) in [5, 5.41) is 3.60. The quantitative estimate of drug-likeness (QED) is 0.841. The largest absolute Gasteiger partial charge is 0.496 e. The molecule has 0 amide bonds. The number of methoxy groups -OCH3 is 1. The molecule has 0 saturated heterocycles. The molecule has 0 fully saturated rings. The summed E-state index contributed by atoms with van der Waals surface area (Å²) >= 11 is 1.70. The van der Waals surface area contributed by atoms with Gasteiger partial charge in [0.25, 0.3) is 0 Å². The molecule has 102 valence electrons. The van der Waals surface area contributed by atoms with Crippen LogP contribution in [0.5, 0.6) is 5.75 Å². The summed E-state index contributed by atoms with van der Waals surface area (Å²) < 4.78 is 5.47. The number of thiazole rings is 1. The lowest BCUT2D eigenvalue weighted by Gasteiger charge is -2.20. The Bertz CT molecular complexity index is 485. The van der Waals surface area contributed by atoms with E-state index in [2.05, 4.69) is 29.4 Å². The van der Waals surface area contributed by atoms with Crippen LogP contribution in [0.25, 0.3) is 0 Å². The van der Waals surface area contributed by atoms with Crippen LogP contribution in [0.3, 0.4) is 0 Å². The Morgan fingerprint density at radius 3 is 2.89 bits per heavy atom. The smallest absolute Gasteiger partial charge is 0.123 e. The van der Waals surface area contributed by atoms with Crippen LogP contribution in [0.15, 0.2) is 36.0 Å². The number of rotatable bonds is 7. The molecule has 2 rings (SSSR count). The first-order valence-electron chi connectivity index (χ1n) is 6.58. The minimum Gasteiger partial charge on any atom is -0.496 e. The van der Waals surface area contributed by atoms with Gasteiger partial charge < -0.3 is 10.1 Å². The molecule has 0 bridgehead atoms. The van der Waals surface area contributed by atoms with Crippen molar-refractivity contribution < 1.29 is 4.74 Å². The molecule has 4 heteroatoms. The van der Waals surface area contributed by atoms with Crippen LogP contribution < -0.4 is 10.1 Å². The van der Waals surface area contributed by atoms with Crippen molar-refractivity contribution in [3.63, 3.8) is 0 Å². The molecule has 2 aromatic rings. The average molecular weight is 276 g/mol. The second kappa shape index (κ2) is 7.26. The van der Waals surface area contributed by atoms with Crippen molar-refractivity contribution in [3.05, 3.63) is 46.4 Å². The zero-order valence-electron chi connectivity index (χ0n) is 11.4. The number of nitrogens with zero attached hydrogens (tertiary/aromatic N) is 1. The predicted octanol–water partition coefficient (Wildman–Crippen LogP) is 3.44. The number of hydrogen-bond acceptors (Lipinski definition) is 4. The van der Waals surface area contributed by atoms with Crippen LogP contribution in [0, 0.1) is 0 Å². The molecule has 0 spiro atoms. The van der Waals surface area contributed by atoms with Crippen molar-refractivity contribution in [2.24, 2.45) is 0 Å². The van der Waals surface area contributed by atoms with Gasteiger partial charge in [0.2, 0.25) is 0 Å². The minimum absolute atomic E-state index is 0.275. The molecule has 0 aliphatic carbocycles. The van der Waals surface area contributed by atoms with Crippen molar-refractivity contribution in [1.82, 2.24) is 10.3 Å². The Kier molecular flexibility index (Phi) is 5.36. The summed E-state index contributed by atoms with van der Waals surface area (Å²) in [6.07, 6.45) is 4.01. The third kappa shape index (κ3) is 3.78. The molecule has 1 atom stereocenters. The van der Waals surface area contributed by atoms with Gasteiger partial charge >= 0.3 is 0 Å². The van der Waals surface area contributed by atoms with E-state index in [9.17, 15) is 0 Å². The van der Waals surface area contributed by atoms with Gasteiger partial charge in [0.1, 0.15) is 5.75 Å². The van der Waals surface area contributed by atoms with Crippen LogP contribution in [-0.4, -0.2) is 18.6 Å².